The Morgan fingerprint density at radius 2 is 1.87 bits per heavy atom. The summed E-state index contributed by atoms with van der Waals surface area (Å²) >= 11 is 1.77. The van der Waals surface area contributed by atoms with Crippen LogP contribution in [0.3, 0.4) is 0 Å². The summed E-state index contributed by atoms with van der Waals surface area (Å²) in [6.45, 7) is 11.4. The van der Waals surface area contributed by atoms with Crippen LogP contribution in [0, 0.1) is 18.8 Å². The van der Waals surface area contributed by atoms with Gasteiger partial charge in [0.05, 0.1) is 5.69 Å². The van der Waals surface area contributed by atoms with Crippen molar-refractivity contribution in [3.8, 4) is 0 Å². The molecule has 0 saturated carbocycles. The van der Waals surface area contributed by atoms with E-state index in [0.29, 0.717) is 11.8 Å². The first kappa shape index (κ1) is 16.6. The first-order valence-corrected chi connectivity index (χ1v) is 8.90. The monoisotopic (exact) mass is 338 g/mol. The van der Waals surface area contributed by atoms with Gasteiger partial charge < -0.3 is 9.64 Å². The number of likely N-dealkylation sites (tertiary alicyclic amines) is 1. The molecule has 0 bridgehead atoms. The van der Waals surface area contributed by atoms with Gasteiger partial charge in [-0.05, 0) is 57.5 Å². The fourth-order valence-corrected chi connectivity index (χ4v) is 4.48. The molecule has 3 rings (SSSR count). The summed E-state index contributed by atoms with van der Waals surface area (Å²) in [5.74, 6) is 1.09. The van der Waals surface area contributed by atoms with Gasteiger partial charge in [0.1, 0.15) is 10.6 Å². The zero-order valence-corrected chi connectivity index (χ0v) is 15.4. The zero-order chi connectivity index (χ0) is 16.8. The largest absolute Gasteiger partial charge is 0.444 e. The van der Waals surface area contributed by atoms with Gasteiger partial charge >= 0.3 is 6.09 Å². The SMILES string of the molecule is Cc1cc(SN2CC3CN(C(=O)OC(C)(C)C)CC3C2)n(C)n1. The van der Waals surface area contributed by atoms with E-state index in [1.807, 2.05) is 44.3 Å². The third kappa shape index (κ3) is 3.83. The van der Waals surface area contributed by atoms with Crippen LogP contribution in [-0.2, 0) is 11.8 Å². The molecule has 2 unspecified atom stereocenters. The number of hydrogen-bond donors (Lipinski definition) is 0. The number of aromatic nitrogens is 2. The summed E-state index contributed by atoms with van der Waals surface area (Å²) in [7, 11) is 1.98. The molecule has 2 saturated heterocycles. The molecule has 0 N–H and O–H groups in total. The Balaban J connectivity index is 1.53. The summed E-state index contributed by atoms with van der Waals surface area (Å²) in [5, 5.41) is 5.57. The second-order valence-corrected chi connectivity index (χ2v) is 8.71. The summed E-state index contributed by atoms with van der Waals surface area (Å²) in [6.07, 6.45) is -0.173. The third-order valence-corrected chi connectivity index (χ3v) is 5.41. The van der Waals surface area contributed by atoms with Gasteiger partial charge in [-0.15, -0.1) is 0 Å². The van der Waals surface area contributed by atoms with Crippen LogP contribution >= 0.6 is 11.9 Å². The lowest BCUT2D eigenvalue weighted by Crippen LogP contribution is -2.37. The molecule has 0 spiro atoms. The van der Waals surface area contributed by atoms with Crippen LogP contribution in [0.25, 0.3) is 0 Å². The lowest BCUT2D eigenvalue weighted by molar-refractivity contribution is 0.0279. The van der Waals surface area contributed by atoms with Gasteiger partial charge in [0.25, 0.3) is 0 Å². The quantitative estimate of drug-likeness (QED) is 0.776. The van der Waals surface area contributed by atoms with Crippen molar-refractivity contribution in [3.63, 3.8) is 0 Å². The standard InChI is InChI=1S/C16H26N4O2S/c1-11-6-14(18(5)17-11)23-20-9-12-7-19(8-13(12)10-20)15(21)22-16(2,3)4/h6,12-13H,7-10H2,1-5H3. The van der Waals surface area contributed by atoms with Crippen LogP contribution in [0.2, 0.25) is 0 Å². The van der Waals surface area contributed by atoms with Gasteiger partial charge in [-0.3, -0.25) is 4.68 Å². The van der Waals surface area contributed by atoms with Crippen molar-refractivity contribution in [2.45, 2.75) is 38.3 Å². The Morgan fingerprint density at radius 3 is 2.35 bits per heavy atom. The number of amides is 1. The number of rotatable bonds is 2. The average Bonchev–Trinajstić information content (AvgIpc) is 3.01. The smallest absolute Gasteiger partial charge is 0.410 e. The molecule has 1 amide bonds. The molecule has 3 heterocycles. The number of carbonyl (C=O) groups is 1. The van der Waals surface area contributed by atoms with Crippen LogP contribution in [0.4, 0.5) is 4.79 Å². The maximum absolute atomic E-state index is 12.2. The Labute approximate surface area is 142 Å². The number of hydrogen-bond acceptors (Lipinski definition) is 5. The van der Waals surface area contributed by atoms with Crippen molar-refractivity contribution < 1.29 is 9.53 Å². The van der Waals surface area contributed by atoms with Gasteiger partial charge in [0.2, 0.25) is 0 Å². The Kier molecular flexibility index (Phi) is 4.35. The fourth-order valence-electron chi connectivity index (χ4n) is 3.30. The van der Waals surface area contributed by atoms with E-state index in [1.54, 1.807) is 11.9 Å². The molecule has 1 aromatic rings. The molecule has 1 aromatic heterocycles. The molecule has 128 valence electrons. The van der Waals surface area contributed by atoms with E-state index < -0.39 is 5.60 Å². The van der Waals surface area contributed by atoms with Crippen LogP contribution in [0.1, 0.15) is 26.5 Å². The lowest BCUT2D eigenvalue weighted by atomic mass is 10.0. The average molecular weight is 338 g/mol. The fraction of sp³-hybridized carbons (Fsp3) is 0.750. The van der Waals surface area contributed by atoms with E-state index >= 15 is 0 Å². The highest BCUT2D eigenvalue weighted by Crippen LogP contribution is 2.37. The minimum atomic E-state index is -0.423. The number of aryl methyl sites for hydroxylation is 2. The second kappa shape index (κ2) is 6.02. The van der Waals surface area contributed by atoms with E-state index in [1.165, 1.54) is 5.03 Å². The molecule has 23 heavy (non-hydrogen) atoms. The number of ether oxygens (including phenoxy) is 1. The van der Waals surface area contributed by atoms with E-state index in [9.17, 15) is 4.79 Å². The van der Waals surface area contributed by atoms with Crippen LogP contribution in [0.15, 0.2) is 11.1 Å². The van der Waals surface area contributed by atoms with Crippen molar-refractivity contribution in [1.82, 2.24) is 19.0 Å². The second-order valence-electron chi connectivity index (χ2n) is 7.59. The molecule has 6 nitrogen and oxygen atoms in total. The zero-order valence-electron chi connectivity index (χ0n) is 14.6. The molecule has 2 aliphatic rings. The highest BCUT2D eigenvalue weighted by Gasteiger charge is 2.43. The summed E-state index contributed by atoms with van der Waals surface area (Å²) < 4.78 is 9.82. The first-order valence-electron chi connectivity index (χ1n) is 8.13. The molecular weight excluding hydrogens is 312 g/mol. The number of nitrogens with zero attached hydrogens (tertiary/aromatic N) is 4. The normalized spacial score (nSPS) is 25.0. The van der Waals surface area contributed by atoms with Crippen LogP contribution < -0.4 is 0 Å². The summed E-state index contributed by atoms with van der Waals surface area (Å²) in [6, 6.07) is 2.12. The molecular formula is C16H26N4O2S. The number of carbonyl (C=O) groups excluding carboxylic acids is 1. The Morgan fingerprint density at radius 1 is 1.26 bits per heavy atom. The van der Waals surface area contributed by atoms with Gasteiger partial charge in [-0.25, -0.2) is 9.10 Å². The predicted molar refractivity (Wildman–Crippen MR) is 90.2 cm³/mol. The van der Waals surface area contributed by atoms with Crippen molar-refractivity contribution in [3.05, 3.63) is 11.8 Å². The Hall–Kier alpha value is -1.21. The van der Waals surface area contributed by atoms with E-state index in [4.69, 9.17) is 4.74 Å². The minimum Gasteiger partial charge on any atom is -0.444 e. The van der Waals surface area contributed by atoms with Crippen molar-refractivity contribution in [2.24, 2.45) is 18.9 Å². The Bertz CT molecular complexity index is 581. The van der Waals surface area contributed by atoms with E-state index in [0.717, 1.165) is 31.9 Å². The van der Waals surface area contributed by atoms with Crippen LogP contribution in [0.5, 0.6) is 0 Å². The van der Waals surface area contributed by atoms with Gasteiger partial charge in [-0.2, -0.15) is 5.10 Å². The summed E-state index contributed by atoms with van der Waals surface area (Å²) in [4.78, 5) is 14.1. The molecule has 2 atom stereocenters. The number of fused-ring (bicyclic) bond motifs is 1. The molecule has 2 aliphatic heterocycles. The van der Waals surface area contributed by atoms with Crippen molar-refractivity contribution in [1.29, 1.82) is 0 Å². The van der Waals surface area contributed by atoms with E-state index in [2.05, 4.69) is 15.5 Å². The van der Waals surface area contributed by atoms with Crippen molar-refractivity contribution in [2.75, 3.05) is 26.2 Å². The predicted octanol–water partition coefficient (Wildman–Crippen LogP) is 2.53. The minimum absolute atomic E-state index is 0.173. The summed E-state index contributed by atoms with van der Waals surface area (Å²) in [5.41, 5.74) is 0.624. The maximum Gasteiger partial charge on any atom is 0.410 e. The van der Waals surface area contributed by atoms with Gasteiger partial charge in [0, 0.05) is 33.2 Å². The van der Waals surface area contributed by atoms with Gasteiger partial charge in [-0.1, -0.05) is 0 Å². The molecule has 0 aromatic carbocycles. The molecule has 7 heteroatoms. The lowest BCUT2D eigenvalue weighted by Gasteiger charge is -2.25. The highest BCUT2D eigenvalue weighted by molar-refractivity contribution is 7.97. The topological polar surface area (TPSA) is 50.6 Å². The maximum atomic E-state index is 12.2. The molecule has 0 radical (unpaired) electrons. The third-order valence-electron chi connectivity index (χ3n) is 4.29. The van der Waals surface area contributed by atoms with E-state index in [-0.39, 0.29) is 6.09 Å². The highest BCUT2D eigenvalue weighted by atomic mass is 32.2. The van der Waals surface area contributed by atoms with Crippen molar-refractivity contribution >= 4 is 18.0 Å². The van der Waals surface area contributed by atoms with Gasteiger partial charge in [0.15, 0.2) is 0 Å². The molecule has 0 aliphatic carbocycles. The molecule has 2 fully saturated rings. The first-order chi connectivity index (χ1) is 10.7. The van der Waals surface area contributed by atoms with Crippen LogP contribution in [-0.4, -0.2) is 56.9 Å².